The highest BCUT2D eigenvalue weighted by Crippen LogP contribution is 2.22. The molecule has 6 heteroatoms. The lowest BCUT2D eigenvalue weighted by Crippen LogP contribution is -2.37. The van der Waals surface area contributed by atoms with Crippen LogP contribution in [0.25, 0.3) is 0 Å². The van der Waals surface area contributed by atoms with Gasteiger partial charge in [-0.15, -0.1) is 0 Å². The van der Waals surface area contributed by atoms with Crippen LogP contribution in [0.15, 0.2) is 36.5 Å². The monoisotopic (exact) mass is 284 g/mol. The van der Waals surface area contributed by atoms with Crippen LogP contribution in [0.2, 0.25) is 0 Å². The van der Waals surface area contributed by atoms with E-state index in [-0.39, 0.29) is 11.9 Å². The Morgan fingerprint density at radius 2 is 2.10 bits per heavy atom. The van der Waals surface area contributed by atoms with Crippen molar-refractivity contribution in [3.8, 4) is 5.75 Å². The molecule has 21 heavy (non-hydrogen) atoms. The molecule has 0 saturated heterocycles. The molecule has 0 radical (unpaired) electrons. The van der Waals surface area contributed by atoms with Gasteiger partial charge in [-0.05, 0) is 19.1 Å². The Morgan fingerprint density at radius 3 is 2.86 bits per heavy atom. The number of nitrogens with zero attached hydrogens (tertiary/aromatic N) is 3. The predicted molar refractivity (Wildman–Crippen MR) is 77.2 cm³/mol. The van der Waals surface area contributed by atoms with Gasteiger partial charge in [0, 0.05) is 18.3 Å². The minimum absolute atomic E-state index is 0.0737. The Bertz CT molecular complexity index is 660. The Kier molecular flexibility index (Phi) is 3.43. The average molecular weight is 284 g/mol. The molecule has 2 aromatic rings. The van der Waals surface area contributed by atoms with Crippen LogP contribution in [0, 0.1) is 0 Å². The molecule has 0 bridgehead atoms. The van der Waals surface area contributed by atoms with Gasteiger partial charge in [0.1, 0.15) is 5.75 Å². The number of nitrogen functional groups attached to an aromatic ring is 1. The average Bonchev–Trinajstić information content (AvgIpc) is 2.90. The number of nitrogens with two attached hydrogens (primary N) is 1. The van der Waals surface area contributed by atoms with Crippen molar-refractivity contribution >= 4 is 11.9 Å². The molecule has 1 amide bonds. The fraction of sp³-hybridized carbons (Fsp3) is 0.267. The van der Waals surface area contributed by atoms with E-state index in [0.29, 0.717) is 18.8 Å². The highest BCUT2D eigenvalue weighted by atomic mass is 16.5. The minimum Gasteiger partial charge on any atom is -0.481 e. The number of benzene rings is 1. The van der Waals surface area contributed by atoms with Gasteiger partial charge >= 0.3 is 0 Å². The number of hydrogen-bond acceptors (Lipinski definition) is 5. The molecular weight excluding hydrogens is 268 g/mol. The van der Waals surface area contributed by atoms with Crippen molar-refractivity contribution in [3.05, 3.63) is 47.8 Å². The highest BCUT2D eigenvalue weighted by Gasteiger charge is 2.29. The smallest absolute Gasteiger partial charge is 0.264 e. The van der Waals surface area contributed by atoms with Crippen molar-refractivity contribution in [2.45, 2.75) is 26.1 Å². The molecular formula is C15H16N4O2. The van der Waals surface area contributed by atoms with Crippen molar-refractivity contribution in [3.63, 3.8) is 0 Å². The maximum absolute atomic E-state index is 12.4. The second-order valence-corrected chi connectivity index (χ2v) is 4.97. The fourth-order valence-electron chi connectivity index (χ4n) is 2.34. The van der Waals surface area contributed by atoms with Crippen LogP contribution < -0.4 is 10.5 Å². The molecule has 0 aliphatic carbocycles. The molecule has 2 heterocycles. The number of hydrogen-bond donors (Lipinski definition) is 1. The number of aromatic nitrogens is 2. The lowest BCUT2D eigenvalue weighted by molar-refractivity contribution is -0.138. The summed E-state index contributed by atoms with van der Waals surface area (Å²) in [6, 6.07) is 9.30. The predicted octanol–water partition coefficient (Wildman–Crippen LogP) is 1.37. The van der Waals surface area contributed by atoms with Gasteiger partial charge in [0.25, 0.3) is 5.91 Å². The first kappa shape index (κ1) is 13.4. The highest BCUT2D eigenvalue weighted by molar-refractivity contribution is 5.81. The van der Waals surface area contributed by atoms with Crippen LogP contribution in [0.5, 0.6) is 5.75 Å². The van der Waals surface area contributed by atoms with Crippen molar-refractivity contribution in [1.29, 1.82) is 0 Å². The third kappa shape index (κ3) is 2.79. The minimum atomic E-state index is -0.549. The van der Waals surface area contributed by atoms with Crippen LogP contribution in [0.1, 0.15) is 18.2 Å². The quantitative estimate of drug-likeness (QED) is 0.920. The first-order valence-corrected chi connectivity index (χ1v) is 6.74. The van der Waals surface area contributed by atoms with Gasteiger partial charge in [0.05, 0.1) is 12.2 Å². The van der Waals surface area contributed by atoms with Crippen LogP contribution in [-0.2, 0) is 17.9 Å². The van der Waals surface area contributed by atoms with Crippen molar-refractivity contribution in [1.82, 2.24) is 14.9 Å². The van der Waals surface area contributed by atoms with Gasteiger partial charge in [-0.3, -0.25) is 4.79 Å². The van der Waals surface area contributed by atoms with Gasteiger partial charge in [-0.2, -0.15) is 0 Å². The first-order chi connectivity index (χ1) is 10.1. The zero-order chi connectivity index (χ0) is 14.8. The summed E-state index contributed by atoms with van der Waals surface area (Å²) in [4.78, 5) is 22.2. The molecule has 1 unspecified atom stereocenters. The number of carbonyl (C=O) groups is 1. The Labute approximate surface area is 122 Å². The fourth-order valence-corrected chi connectivity index (χ4v) is 2.34. The number of rotatable bonds is 3. The van der Waals surface area contributed by atoms with Crippen LogP contribution in [-0.4, -0.2) is 26.9 Å². The SMILES string of the molecule is CC(Oc1ccccc1)C(=O)N1Cc2cnc(N)nc2C1. The zero-order valence-corrected chi connectivity index (χ0v) is 11.7. The number of para-hydroxylation sites is 1. The van der Waals surface area contributed by atoms with Crippen molar-refractivity contribution in [2.75, 3.05) is 5.73 Å². The summed E-state index contributed by atoms with van der Waals surface area (Å²) in [5, 5.41) is 0. The molecule has 0 spiro atoms. The third-order valence-electron chi connectivity index (χ3n) is 3.39. The summed E-state index contributed by atoms with van der Waals surface area (Å²) in [5.41, 5.74) is 7.31. The van der Waals surface area contributed by atoms with E-state index in [2.05, 4.69) is 9.97 Å². The van der Waals surface area contributed by atoms with Crippen molar-refractivity contribution < 1.29 is 9.53 Å². The van der Waals surface area contributed by atoms with Gasteiger partial charge < -0.3 is 15.4 Å². The molecule has 1 aliphatic rings. The van der Waals surface area contributed by atoms with Gasteiger partial charge in [-0.25, -0.2) is 9.97 Å². The van der Waals surface area contributed by atoms with Gasteiger partial charge in [-0.1, -0.05) is 18.2 Å². The molecule has 1 aliphatic heterocycles. The van der Waals surface area contributed by atoms with E-state index >= 15 is 0 Å². The van der Waals surface area contributed by atoms with E-state index < -0.39 is 6.10 Å². The van der Waals surface area contributed by atoms with E-state index in [1.807, 2.05) is 30.3 Å². The van der Waals surface area contributed by atoms with Crippen LogP contribution in [0.3, 0.4) is 0 Å². The van der Waals surface area contributed by atoms with Crippen LogP contribution >= 0.6 is 0 Å². The lowest BCUT2D eigenvalue weighted by atomic mass is 10.3. The van der Waals surface area contributed by atoms with E-state index in [1.165, 1.54) is 0 Å². The number of ether oxygens (including phenoxy) is 1. The number of anilines is 1. The van der Waals surface area contributed by atoms with Crippen LogP contribution in [0.4, 0.5) is 5.95 Å². The molecule has 108 valence electrons. The summed E-state index contributed by atoms with van der Waals surface area (Å²) in [6.07, 6.45) is 1.13. The molecule has 1 aromatic carbocycles. The van der Waals surface area contributed by atoms with E-state index in [4.69, 9.17) is 10.5 Å². The second kappa shape index (κ2) is 5.40. The maximum Gasteiger partial charge on any atom is 0.264 e. The number of carbonyl (C=O) groups excluding carboxylic acids is 1. The maximum atomic E-state index is 12.4. The summed E-state index contributed by atoms with van der Waals surface area (Å²) in [7, 11) is 0. The number of amides is 1. The Morgan fingerprint density at radius 1 is 1.33 bits per heavy atom. The summed E-state index contributed by atoms with van der Waals surface area (Å²) in [5.74, 6) is 0.839. The molecule has 1 aromatic heterocycles. The summed E-state index contributed by atoms with van der Waals surface area (Å²) in [6.45, 7) is 2.69. The molecule has 0 saturated carbocycles. The van der Waals surface area contributed by atoms with Gasteiger partial charge in [0.15, 0.2) is 6.10 Å². The third-order valence-corrected chi connectivity index (χ3v) is 3.39. The summed E-state index contributed by atoms with van der Waals surface area (Å²) < 4.78 is 5.66. The van der Waals surface area contributed by atoms with E-state index in [0.717, 1.165) is 11.3 Å². The second-order valence-electron chi connectivity index (χ2n) is 4.97. The van der Waals surface area contributed by atoms with E-state index in [1.54, 1.807) is 18.0 Å². The topological polar surface area (TPSA) is 81.3 Å². The molecule has 6 nitrogen and oxygen atoms in total. The van der Waals surface area contributed by atoms with Crippen molar-refractivity contribution in [2.24, 2.45) is 0 Å². The largest absolute Gasteiger partial charge is 0.481 e. The number of fused-ring (bicyclic) bond motifs is 1. The normalized spacial score (nSPS) is 14.6. The Balaban J connectivity index is 1.67. The zero-order valence-electron chi connectivity index (χ0n) is 11.7. The van der Waals surface area contributed by atoms with E-state index in [9.17, 15) is 4.79 Å². The molecule has 0 fully saturated rings. The first-order valence-electron chi connectivity index (χ1n) is 6.74. The Hall–Kier alpha value is -2.63. The summed E-state index contributed by atoms with van der Waals surface area (Å²) >= 11 is 0. The lowest BCUT2D eigenvalue weighted by Gasteiger charge is -2.21. The molecule has 2 N–H and O–H groups in total. The molecule has 1 atom stereocenters. The standard InChI is InChI=1S/C15H16N4O2/c1-10(21-12-5-3-2-4-6-12)14(20)19-8-11-7-17-15(16)18-13(11)9-19/h2-7,10H,8-9H2,1H3,(H2,16,17,18). The molecule has 3 rings (SSSR count). The van der Waals surface area contributed by atoms with Gasteiger partial charge in [0.2, 0.25) is 5.95 Å².